The monoisotopic (exact) mass is 355 g/mol. The van der Waals surface area contributed by atoms with Crippen LogP contribution in [0.25, 0.3) is 0 Å². The van der Waals surface area contributed by atoms with Gasteiger partial charge in [0.25, 0.3) is 0 Å². The first-order valence-corrected chi connectivity index (χ1v) is 11.9. The van der Waals surface area contributed by atoms with Crippen molar-refractivity contribution in [3.05, 3.63) is 11.4 Å². The predicted octanol–water partition coefficient (Wildman–Crippen LogP) is 5.81. The highest BCUT2D eigenvalue weighted by atomic mass is 31.2. The maximum Gasteiger partial charge on any atom is 0.316 e. The summed E-state index contributed by atoms with van der Waals surface area (Å²) >= 11 is 0. The molecular formula is C20H40N2OP+. The molecule has 0 radical (unpaired) electrons. The molecule has 0 heterocycles. The Kier molecular flexibility index (Phi) is 6.93. The minimum atomic E-state index is -1.87. The first-order valence-electron chi connectivity index (χ1n) is 10.2. The van der Waals surface area contributed by atoms with Gasteiger partial charge in [-0.05, 0) is 76.7 Å². The third-order valence-corrected chi connectivity index (χ3v) is 10.5. The van der Waals surface area contributed by atoms with Crippen molar-refractivity contribution in [1.29, 1.82) is 0 Å². The molecule has 0 amide bonds. The third-order valence-electron chi connectivity index (χ3n) is 6.53. The van der Waals surface area contributed by atoms with Crippen molar-refractivity contribution in [1.82, 2.24) is 9.34 Å². The summed E-state index contributed by atoms with van der Waals surface area (Å²) in [6, 6.07) is 0. The summed E-state index contributed by atoms with van der Waals surface area (Å²) in [5, 5.41) is 0. The van der Waals surface area contributed by atoms with Crippen molar-refractivity contribution in [2.24, 2.45) is 17.3 Å². The van der Waals surface area contributed by atoms with E-state index < -0.39 is 7.79 Å². The van der Waals surface area contributed by atoms with Crippen molar-refractivity contribution in [2.75, 3.05) is 32.8 Å². The molecule has 140 valence electrons. The molecule has 24 heavy (non-hydrogen) atoms. The Labute approximate surface area is 151 Å². The van der Waals surface area contributed by atoms with E-state index in [1.165, 1.54) is 19.3 Å². The summed E-state index contributed by atoms with van der Waals surface area (Å²) in [5.74, 6) is 4.34. The molecule has 0 aliphatic heterocycles. The van der Waals surface area contributed by atoms with Crippen molar-refractivity contribution in [3.8, 4) is 0 Å². The number of allylic oxidation sites excluding steroid dienone is 1. The van der Waals surface area contributed by atoms with Gasteiger partial charge in [0.1, 0.15) is 5.82 Å². The van der Waals surface area contributed by atoms with Crippen LogP contribution in [0, 0.1) is 17.3 Å². The highest BCUT2D eigenvalue weighted by molar-refractivity contribution is 7.69. The van der Waals surface area contributed by atoms with Crippen molar-refractivity contribution in [2.45, 2.75) is 67.7 Å². The fraction of sp³-hybridized carbons (Fsp3) is 0.900. The number of nitrogens with zero attached hydrogens (tertiary/aromatic N) is 2. The second kappa shape index (κ2) is 8.16. The van der Waals surface area contributed by atoms with E-state index >= 15 is 0 Å². The molecule has 0 unspecified atom stereocenters. The molecule has 0 aromatic heterocycles. The second-order valence-corrected chi connectivity index (χ2v) is 10.6. The van der Waals surface area contributed by atoms with Gasteiger partial charge >= 0.3 is 7.79 Å². The standard InChI is InChI=1S/C20H40N2OP/c1-8-21(9-2)24(23-12-5,22(10-3)11-4)16-19-17-13-14-18(15-17)20(19,6)7/h16-18H,8-15H2,1-7H3/q+1/b19-16+/t17-,18+/m1/s1. The van der Waals surface area contributed by atoms with E-state index in [0.29, 0.717) is 5.41 Å². The Hall–Kier alpha value is 0.0500. The molecule has 2 bridgehead atoms. The molecule has 2 atom stereocenters. The van der Waals surface area contributed by atoms with E-state index in [1.54, 1.807) is 5.57 Å². The van der Waals surface area contributed by atoms with Gasteiger partial charge in [-0.2, -0.15) is 4.52 Å². The van der Waals surface area contributed by atoms with Crippen LogP contribution in [0.15, 0.2) is 11.4 Å². The minimum Gasteiger partial charge on any atom is -0.195 e. The van der Waals surface area contributed by atoms with Gasteiger partial charge in [0.15, 0.2) is 0 Å². The van der Waals surface area contributed by atoms with E-state index in [1.807, 2.05) is 0 Å². The van der Waals surface area contributed by atoms with E-state index in [2.05, 4.69) is 63.6 Å². The van der Waals surface area contributed by atoms with Gasteiger partial charge < -0.3 is 0 Å². The zero-order valence-electron chi connectivity index (χ0n) is 17.1. The first-order chi connectivity index (χ1) is 11.4. The van der Waals surface area contributed by atoms with Crippen molar-refractivity contribution >= 4 is 7.79 Å². The summed E-state index contributed by atoms with van der Waals surface area (Å²) in [7, 11) is -1.87. The van der Waals surface area contributed by atoms with E-state index in [4.69, 9.17) is 4.52 Å². The summed E-state index contributed by atoms with van der Waals surface area (Å²) in [4.78, 5) is 0. The third kappa shape index (κ3) is 3.34. The lowest BCUT2D eigenvalue weighted by Gasteiger charge is -2.40. The fourth-order valence-electron chi connectivity index (χ4n) is 5.12. The lowest BCUT2D eigenvalue weighted by Crippen LogP contribution is -2.37. The van der Waals surface area contributed by atoms with Crippen molar-refractivity contribution in [3.63, 3.8) is 0 Å². The van der Waals surface area contributed by atoms with E-state index in [-0.39, 0.29) is 0 Å². The fourth-order valence-corrected chi connectivity index (χ4v) is 9.12. The Morgan fingerprint density at radius 3 is 1.92 bits per heavy atom. The SMILES string of the molecule is CCO[P+](/C=C1\[C@@H]2CC[C@@H](C2)C1(C)C)(N(CC)CC)N(CC)CC. The molecule has 4 heteroatoms. The average molecular weight is 356 g/mol. The molecule has 2 saturated carbocycles. The van der Waals surface area contributed by atoms with Crippen LogP contribution < -0.4 is 0 Å². The van der Waals surface area contributed by atoms with Crippen LogP contribution in [0.3, 0.4) is 0 Å². The highest BCUT2D eigenvalue weighted by Crippen LogP contribution is 2.71. The van der Waals surface area contributed by atoms with Gasteiger partial charge in [0.2, 0.25) is 0 Å². The summed E-state index contributed by atoms with van der Waals surface area (Å²) in [6.07, 6.45) is 4.22. The predicted molar refractivity (Wildman–Crippen MR) is 107 cm³/mol. The molecule has 0 saturated heterocycles. The van der Waals surface area contributed by atoms with Gasteiger partial charge in [0, 0.05) is 26.2 Å². The quantitative estimate of drug-likeness (QED) is 0.485. The Bertz CT molecular complexity index is 429. The smallest absolute Gasteiger partial charge is 0.195 e. The van der Waals surface area contributed by atoms with Gasteiger partial charge in [-0.25, -0.2) is 0 Å². The number of rotatable bonds is 9. The molecule has 2 rings (SSSR count). The van der Waals surface area contributed by atoms with Gasteiger partial charge in [0.05, 0.1) is 6.61 Å². The maximum absolute atomic E-state index is 6.67. The van der Waals surface area contributed by atoms with Crippen LogP contribution in [0.2, 0.25) is 0 Å². The topological polar surface area (TPSA) is 15.7 Å². The number of hydrogen-bond donors (Lipinski definition) is 0. The minimum absolute atomic E-state index is 0.353. The molecule has 2 aliphatic rings. The summed E-state index contributed by atoms with van der Waals surface area (Å²) < 4.78 is 11.9. The summed E-state index contributed by atoms with van der Waals surface area (Å²) in [5.41, 5.74) is 2.06. The van der Waals surface area contributed by atoms with Gasteiger partial charge in [-0.15, -0.1) is 9.34 Å². The zero-order chi connectivity index (χ0) is 18.0. The number of fused-ring (bicyclic) bond motifs is 2. The molecule has 2 fully saturated rings. The second-order valence-electron chi connectivity index (χ2n) is 7.80. The van der Waals surface area contributed by atoms with Crippen LogP contribution in [0.1, 0.15) is 67.7 Å². The Morgan fingerprint density at radius 1 is 1.00 bits per heavy atom. The lowest BCUT2D eigenvalue weighted by atomic mass is 9.73. The Balaban J connectivity index is 2.54. The molecule has 0 aromatic rings. The van der Waals surface area contributed by atoms with Crippen molar-refractivity contribution < 1.29 is 4.52 Å². The molecule has 0 aromatic carbocycles. The Morgan fingerprint density at radius 2 is 1.54 bits per heavy atom. The maximum atomic E-state index is 6.67. The highest BCUT2D eigenvalue weighted by Gasteiger charge is 2.55. The van der Waals surface area contributed by atoms with E-state index in [9.17, 15) is 0 Å². The molecule has 0 spiro atoms. The molecule has 2 aliphatic carbocycles. The average Bonchev–Trinajstić information content (AvgIpc) is 3.12. The summed E-state index contributed by atoms with van der Waals surface area (Å²) in [6.45, 7) is 21.3. The van der Waals surface area contributed by atoms with Crippen LogP contribution in [-0.2, 0) is 4.52 Å². The van der Waals surface area contributed by atoms with Crippen LogP contribution >= 0.6 is 7.79 Å². The van der Waals surface area contributed by atoms with Gasteiger partial charge in [-0.3, -0.25) is 0 Å². The van der Waals surface area contributed by atoms with Crippen LogP contribution in [0.4, 0.5) is 0 Å². The van der Waals surface area contributed by atoms with Gasteiger partial charge in [-0.1, -0.05) is 13.8 Å². The normalized spacial score (nSPS) is 27.8. The van der Waals surface area contributed by atoms with Crippen LogP contribution in [-0.4, -0.2) is 42.1 Å². The molecular weight excluding hydrogens is 315 g/mol. The lowest BCUT2D eigenvalue weighted by molar-refractivity contribution is 0.259. The molecule has 0 N–H and O–H groups in total. The molecule has 3 nitrogen and oxygen atoms in total. The zero-order valence-corrected chi connectivity index (χ0v) is 18.0. The number of hydrogen-bond acceptors (Lipinski definition) is 3. The van der Waals surface area contributed by atoms with E-state index in [0.717, 1.165) is 44.6 Å². The largest absolute Gasteiger partial charge is 0.316 e. The first kappa shape index (κ1) is 20.4. The van der Waals surface area contributed by atoms with Crippen LogP contribution in [0.5, 0.6) is 0 Å².